The zero-order valence-corrected chi connectivity index (χ0v) is 11.7. The van der Waals surface area contributed by atoms with Gasteiger partial charge < -0.3 is 5.73 Å². The molecular formula is C13H20N2O2S. The van der Waals surface area contributed by atoms with Gasteiger partial charge in [-0.25, -0.2) is 8.42 Å². The molecule has 1 aliphatic carbocycles. The molecule has 2 rings (SSSR count). The van der Waals surface area contributed by atoms with E-state index in [1.165, 1.54) is 0 Å². The van der Waals surface area contributed by atoms with Crippen LogP contribution in [0.5, 0.6) is 0 Å². The molecular weight excluding hydrogens is 248 g/mol. The molecule has 0 spiro atoms. The summed E-state index contributed by atoms with van der Waals surface area (Å²) >= 11 is 0. The number of anilines is 1. The van der Waals surface area contributed by atoms with Crippen molar-refractivity contribution in [2.24, 2.45) is 0 Å². The zero-order valence-electron chi connectivity index (χ0n) is 10.8. The molecule has 4 nitrogen and oxygen atoms in total. The van der Waals surface area contributed by atoms with E-state index in [-0.39, 0.29) is 11.3 Å². The first-order valence-corrected chi connectivity index (χ1v) is 7.77. The molecule has 5 heteroatoms. The summed E-state index contributed by atoms with van der Waals surface area (Å²) < 4.78 is 26.2. The maximum atomic E-state index is 12.3. The van der Waals surface area contributed by atoms with Crippen molar-refractivity contribution >= 4 is 15.7 Å². The smallest absolute Gasteiger partial charge is 0.216 e. The van der Waals surface area contributed by atoms with Crippen molar-refractivity contribution in [2.75, 3.05) is 5.73 Å². The Labute approximate surface area is 109 Å². The highest BCUT2D eigenvalue weighted by molar-refractivity contribution is 7.89. The summed E-state index contributed by atoms with van der Waals surface area (Å²) in [6.07, 6.45) is 1.91. The Balaban J connectivity index is 2.26. The minimum absolute atomic E-state index is 0.164. The maximum Gasteiger partial charge on any atom is 0.216 e. The summed E-state index contributed by atoms with van der Waals surface area (Å²) in [5, 5.41) is -0.386. The Kier molecular flexibility index (Phi) is 3.64. The van der Waals surface area contributed by atoms with Crippen LogP contribution in [-0.4, -0.2) is 24.0 Å². The second-order valence-corrected chi connectivity index (χ2v) is 7.51. The molecule has 1 saturated carbocycles. The zero-order chi connectivity index (χ0) is 13.3. The number of nitrogen functional groups attached to an aromatic ring is 1. The molecule has 1 aliphatic rings. The molecule has 0 amide bonds. The average Bonchev–Trinajstić information content (AvgIpc) is 3.11. The number of nitrogens with zero attached hydrogens (tertiary/aromatic N) is 1. The molecule has 1 aromatic carbocycles. The third kappa shape index (κ3) is 2.67. The third-order valence-electron chi connectivity index (χ3n) is 3.26. The van der Waals surface area contributed by atoms with Crippen LogP contribution < -0.4 is 5.73 Å². The number of hydrogen-bond acceptors (Lipinski definition) is 3. The first kappa shape index (κ1) is 13.4. The number of rotatable bonds is 5. The van der Waals surface area contributed by atoms with E-state index in [0.29, 0.717) is 12.2 Å². The molecule has 1 aromatic rings. The van der Waals surface area contributed by atoms with Crippen molar-refractivity contribution in [3.63, 3.8) is 0 Å². The van der Waals surface area contributed by atoms with Gasteiger partial charge in [0.05, 0.1) is 5.25 Å². The number of sulfonamides is 1. The molecule has 0 aliphatic heterocycles. The van der Waals surface area contributed by atoms with Crippen LogP contribution in [0.15, 0.2) is 24.3 Å². The van der Waals surface area contributed by atoms with Crippen molar-refractivity contribution < 1.29 is 8.42 Å². The number of para-hydroxylation sites is 1. The van der Waals surface area contributed by atoms with Crippen molar-refractivity contribution in [1.82, 2.24) is 4.31 Å². The molecule has 1 fully saturated rings. The van der Waals surface area contributed by atoms with Gasteiger partial charge in [0.15, 0.2) is 0 Å². The Bertz CT molecular complexity index is 522. The van der Waals surface area contributed by atoms with Gasteiger partial charge in [-0.05, 0) is 38.3 Å². The first-order chi connectivity index (χ1) is 8.43. The van der Waals surface area contributed by atoms with E-state index in [9.17, 15) is 8.42 Å². The van der Waals surface area contributed by atoms with Crippen LogP contribution in [0.2, 0.25) is 0 Å². The van der Waals surface area contributed by atoms with Crippen LogP contribution in [0, 0.1) is 0 Å². The highest BCUT2D eigenvalue weighted by atomic mass is 32.2. The fourth-order valence-corrected chi connectivity index (χ4v) is 3.39. The van der Waals surface area contributed by atoms with E-state index in [4.69, 9.17) is 5.73 Å². The standard InChI is InChI=1S/C13H20N2O2S/c1-10(2)18(16,17)15(12-7-8-12)9-11-5-3-4-6-13(11)14/h3-6,10,12H,7-9,14H2,1-2H3. The van der Waals surface area contributed by atoms with Crippen LogP contribution in [0.1, 0.15) is 32.3 Å². The Morgan fingerprint density at radius 2 is 1.94 bits per heavy atom. The van der Waals surface area contributed by atoms with Gasteiger partial charge in [0.2, 0.25) is 10.0 Å². The highest BCUT2D eigenvalue weighted by Gasteiger charge is 2.38. The van der Waals surface area contributed by atoms with Crippen molar-refractivity contribution in [1.29, 1.82) is 0 Å². The largest absolute Gasteiger partial charge is 0.398 e. The van der Waals surface area contributed by atoms with Gasteiger partial charge in [-0.3, -0.25) is 0 Å². The molecule has 100 valence electrons. The van der Waals surface area contributed by atoms with Gasteiger partial charge in [-0.1, -0.05) is 18.2 Å². The van der Waals surface area contributed by atoms with Gasteiger partial charge in [0, 0.05) is 18.3 Å². The van der Waals surface area contributed by atoms with E-state index in [0.717, 1.165) is 18.4 Å². The summed E-state index contributed by atoms with van der Waals surface area (Å²) in [7, 11) is -3.21. The third-order valence-corrected chi connectivity index (χ3v) is 5.53. The van der Waals surface area contributed by atoms with Crippen molar-refractivity contribution in [2.45, 2.75) is 44.5 Å². The van der Waals surface area contributed by atoms with Crippen LogP contribution >= 0.6 is 0 Å². The van der Waals surface area contributed by atoms with Crippen LogP contribution in [0.3, 0.4) is 0 Å². The number of hydrogen-bond donors (Lipinski definition) is 1. The monoisotopic (exact) mass is 268 g/mol. The Morgan fingerprint density at radius 1 is 1.33 bits per heavy atom. The lowest BCUT2D eigenvalue weighted by molar-refractivity contribution is 0.394. The lowest BCUT2D eigenvalue weighted by atomic mass is 10.2. The van der Waals surface area contributed by atoms with Gasteiger partial charge >= 0.3 is 0 Å². The Morgan fingerprint density at radius 3 is 2.44 bits per heavy atom. The second kappa shape index (κ2) is 4.90. The summed E-state index contributed by atoms with van der Waals surface area (Å²) in [6.45, 7) is 3.83. The van der Waals surface area contributed by atoms with Crippen LogP contribution in [-0.2, 0) is 16.6 Å². The van der Waals surface area contributed by atoms with Gasteiger partial charge in [-0.2, -0.15) is 4.31 Å². The molecule has 0 unspecified atom stereocenters. The number of nitrogens with two attached hydrogens (primary N) is 1. The molecule has 2 N–H and O–H groups in total. The van der Waals surface area contributed by atoms with E-state index >= 15 is 0 Å². The fourth-order valence-electron chi connectivity index (χ4n) is 1.91. The SMILES string of the molecule is CC(C)S(=O)(=O)N(Cc1ccccc1N)C1CC1. The highest BCUT2D eigenvalue weighted by Crippen LogP contribution is 2.32. The molecule has 0 bridgehead atoms. The Hall–Kier alpha value is -1.07. The quantitative estimate of drug-likeness (QED) is 0.830. The lowest BCUT2D eigenvalue weighted by Crippen LogP contribution is -2.37. The molecule has 18 heavy (non-hydrogen) atoms. The van der Waals surface area contributed by atoms with Gasteiger partial charge in [0.25, 0.3) is 0 Å². The van der Waals surface area contributed by atoms with Crippen molar-refractivity contribution in [3.05, 3.63) is 29.8 Å². The lowest BCUT2D eigenvalue weighted by Gasteiger charge is -2.24. The predicted molar refractivity (Wildman–Crippen MR) is 73.5 cm³/mol. The molecule has 0 atom stereocenters. The van der Waals surface area contributed by atoms with Gasteiger partial charge in [0.1, 0.15) is 0 Å². The van der Waals surface area contributed by atoms with E-state index < -0.39 is 10.0 Å². The van der Waals surface area contributed by atoms with Crippen LogP contribution in [0.4, 0.5) is 5.69 Å². The molecule has 0 saturated heterocycles. The van der Waals surface area contributed by atoms with Crippen LogP contribution in [0.25, 0.3) is 0 Å². The molecule has 0 radical (unpaired) electrons. The summed E-state index contributed by atoms with van der Waals surface area (Å²) in [5.41, 5.74) is 7.43. The summed E-state index contributed by atoms with van der Waals surface area (Å²) in [5.74, 6) is 0. The molecule has 0 aromatic heterocycles. The average molecular weight is 268 g/mol. The minimum atomic E-state index is -3.21. The topological polar surface area (TPSA) is 63.4 Å². The van der Waals surface area contributed by atoms with Gasteiger partial charge in [-0.15, -0.1) is 0 Å². The minimum Gasteiger partial charge on any atom is -0.398 e. The summed E-state index contributed by atoms with van der Waals surface area (Å²) in [6, 6.07) is 7.61. The van der Waals surface area contributed by atoms with Crippen molar-refractivity contribution in [3.8, 4) is 0 Å². The fraction of sp³-hybridized carbons (Fsp3) is 0.538. The maximum absolute atomic E-state index is 12.3. The van der Waals surface area contributed by atoms with E-state index in [1.807, 2.05) is 24.3 Å². The first-order valence-electron chi connectivity index (χ1n) is 6.27. The normalized spacial score (nSPS) is 16.4. The predicted octanol–water partition coefficient (Wildman–Crippen LogP) is 1.97. The molecule has 0 heterocycles. The van der Waals surface area contributed by atoms with E-state index in [2.05, 4.69) is 0 Å². The summed E-state index contributed by atoms with van der Waals surface area (Å²) in [4.78, 5) is 0. The van der Waals surface area contributed by atoms with E-state index in [1.54, 1.807) is 18.2 Å². The number of benzene rings is 1. The second-order valence-electron chi connectivity index (χ2n) is 5.07.